The first-order chi connectivity index (χ1) is 11.2. The summed E-state index contributed by atoms with van der Waals surface area (Å²) in [5.41, 5.74) is 1.95. The average molecular weight is 326 g/mol. The smallest absolute Gasteiger partial charge is 0.224 e. The second-order valence-electron chi connectivity index (χ2n) is 5.11. The van der Waals surface area contributed by atoms with Gasteiger partial charge in [-0.15, -0.1) is 11.3 Å². The van der Waals surface area contributed by atoms with Crippen LogP contribution in [0.2, 0.25) is 0 Å². The van der Waals surface area contributed by atoms with E-state index in [1.165, 1.54) is 0 Å². The lowest BCUT2D eigenvalue weighted by atomic mass is 10.1. The van der Waals surface area contributed by atoms with E-state index in [1.54, 1.807) is 11.3 Å². The average Bonchev–Trinajstić information content (AvgIpc) is 2.98. The number of carbonyl (C=O) groups excluding carboxylic acids is 1. The predicted molar refractivity (Wildman–Crippen MR) is 92.8 cm³/mol. The second kappa shape index (κ2) is 7.24. The number of nitrogens with one attached hydrogen (secondary N) is 1. The lowest BCUT2D eigenvalue weighted by Gasteiger charge is -2.05. The number of para-hydroxylation sites is 1. The van der Waals surface area contributed by atoms with Gasteiger partial charge >= 0.3 is 0 Å². The van der Waals surface area contributed by atoms with Crippen LogP contribution in [0, 0.1) is 0 Å². The first-order valence-corrected chi connectivity index (χ1v) is 8.39. The third-order valence-corrected chi connectivity index (χ3v) is 4.41. The number of rotatable bonds is 6. The molecule has 0 bridgehead atoms. The number of thiazole rings is 1. The largest absolute Gasteiger partial charge is 0.494 e. The molecule has 1 amide bonds. The summed E-state index contributed by atoms with van der Waals surface area (Å²) in [6, 6.07) is 15.6. The minimum atomic E-state index is -0.00610. The minimum absolute atomic E-state index is 0.00610. The van der Waals surface area contributed by atoms with Gasteiger partial charge in [0.15, 0.2) is 0 Å². The van der Waals surface area contributed by atoms with Gasteiger partial charge in [0.2, 0.25) is 5.91 Å². The summed E-state index contributed by atoms with van der Waals surface area (Å²) in [5, 5.41) is 3.85. The van der Waals surface area contributed by atoms with Crippen molar-refractivity contribution in [3.05, 3.63) is 59.1 Å². The molecule has 0 spiro atoms. The monoisotopic (exact) mass is 326 g/mol. The first-order valence-electron chi connectivity index (χ1n) is 7.57. The lowest BCUT2D eigenvalue weighted by Crippen LogP contribution is -2.24. The van der Waals surface area contributed by atoms with E-state index in [1.807, 2.05) is 55.5 Å². The summed E-state index contributed by atoms with van der Waals surface area (Å²) in [7, 11) is 0. The second-order valence-corrected chi connectivity index (χ2v) is 6.22. The fourth-order valence-corrected chi connectivity index (χ4v) is 3.19. The molecule has 1 heterocycles. The molecule has 118 valence electrons. The molecule has 1 N–H and O–H groups in total. The van der Waals surface area contributed by atoms with Crippen LogP contribution in [0.4, 0.5) is 0 Å². The van der Waals surface area contributed by atoms with Gasteiger partial charge in [-0.05, 0) is 36.8 Å². The van der Waals surface area contributed by atoms with E-state index in [0.717, 1.165) is 26.5 Å². The molecular formula is C18H18N2O2S. The summed E-state index contributed by atoms with van der Waals surface area (Å²) < 4.78 is 6.53. The predicted octanol–water partition coefficient (Wildman–Crippen LogP) is 3.55. The maximum absolute atomic E-state index is 12.0. The maximum atomic E-state index is 12.0. The zero-order chi connectivity index (χ0) is 16.1. The zero-order valence-electron chi connectivity index (χ0n) is 12.9. The van der Waals surface area contributed by atoms with Crippen molar-refractivity contribution in [2.45, 2.75) is 19.9 Å². The Labute approximate surface area is 139 Å². The summed E-state index contributed by atoms with van der Waals surface area (Å²) in [6.45, 7) is 3.06. The molecule has 5 heteroatoms. The number of aromatic nitrogens is 1. The van der Waals surface area contributed by atoms with Gasteiger partial charge in [-0.25, -0.2) is 4.98 Å². The summed E-state index contributed by atoms with van der Waals surface area (Å²) in [4.78, 5) is 16.6. The van der Waals surface area contributed by atoms with Crippen LogP contribution < -0.4 is 10.1 Å². The highest BCUT2D eigenvalue weighted by molar-refractivity contribution is 7.18. The topological polar surface area (TPSA) is 51.2 Å². The van der Waals surface area contributed by atoms with Gasteiger partial charge in [-0.1, -0.05) is 24.3 Å². The van der Waals surface area contributed by atoms with Gasteiger partial charge in [-0.3, -0.25) is 4.79 Å². The van der Waals surface area contributed by atoms with E-state index in [9.17, 15) is 4.79 Å². The minimum Gasteiger partial charge on any atom is -0.494 e. The standard InChI is InChI=1S/C18H18N2O2S/c1-2-22-14-9-7-13(8-10-14)11-17(21)19-12-18-20-15-5-3-4-6-16(15)23-18/h3-10H,2,11-12H2,1H3,(H,19,21). The Balaban J connectivity index is 1.54. The number of ether oxygens (including phenoxy) is 1. The molecule has 0 atom stereocenters. The van der Waals surface area contributed by atoms with E-state index >= 15 is 0 Å². The van der Waals surface area contributed by atoms with Crippen molar-refractivity contribution in [1.29, 1.82) is 0 Å². The first kappa shape index (κ1) is 15.5. The van der Waals surface area contributed by atoms with E-state index in [0.29, 0.717) is 19.6 Å². The molecule has 1 aromatic heterocycles. The Morgan fingerprint density at radius 1 is 1.17 bits per heavy atom. The zero-order valence-corrected chi connectivity index (χ0v) is 13.7. The molecule has 0 aliphatic heterocycles. The van der Waals surface area contributed by atoms with E-state index < -0.39 is 0 Å². The van der Waals surface area contributed by atoms with Crippen LogP contribution in [-0.4, -0.2) is 17.5 Å². The quantitative estimate of drug-likeness (QED) is 0.753. The molecular weight excluding hydrogens is 308 g/mol. The van der Waals surface area contributed by atoms with E-state index in [-0.39, 0.29) is 5.91 Å². The van der Waals surface area contributed by atoms with Crippen LogP contribution in [0.5, 0.6) is 5.75 Å². The molecule has 3 rings (SSSR count). The normalized spacial score (nSPS) is 10.7. The number of hydrogen-bond donors (Lipinski definition) is 1. The molecule has 0 radical (unpaired) electrons. The number of fused-ring (bicyclic) bond motifs is 1. The Kier molecular flexibility index (Phi) is 4.88. The third kappa shape index (κ3) is 4.07. The number of carbonyl (C=O) groups is 1. The highest BCUT2D eigenvalue weighted by Gasteiger charge is 2.07. The van der Waals surface area contributed by atoms with Crippen LogP contribution in [0.15, 0.2) is 48.5 Å². The van der Waals surface area contributed by atoms with Gasteiger partial charge in [-0.2, -0.15) is 0 Å². The summed E-state index contributed by atoms with van der Waals surface area (Å²) >= 11 is 1.61. The Hall–Kier alpha value is -2.40. The highest BCUT2D eigenvalue weighted by atomic mass is 32.1. The molecule has 0 saturated heterocycles. The third-order valence-electron chi connectivity index (χ3n) is 3.37. The fourth-order valence-electron chi connectivity index (χ4n) is 2.29. The van der Waals surface area contributed by atoms with Crippen LogP contribution in [0.1, 0.15) is 17.5 Å². The SMILES string of the molecule is CCOc1ccc(CC(=O)NCc2nc3ccccc3s2)cc1. The molecule has 0 aliphatic carbocycles. The maximum Gasteiger partial charge on any atom is 0.224 e. The van der Waals surface area contributed by atoms with Crippen LogP contribution >= 0.6 is 11.3 Å². The summed E-state index contributed by atoms with van der Waals surface area (Å²) in [6.07, 6.45) is 0.358. The van der Waals surface area contributed by atoms with Crippen molar-refractivity contribution in [3.63, 3.8) is 0 Å². The van der Waals surface area contributed by atoms with Crippen LogP contribution in [0.25, 0.3) is 10.2 Å². The van der Waals surface area contributed by atoms with E-state index in [4.69, 9.17) is 4.74 Å². The van der Waals surface area contributed by atoms with Crippen LogP contribution in [0.3, 0.4) is 0 Å². The van der Waals surface area contributed by atoms with Gasteiger partial charge in [0.05, 0.1) is 29.8 Å². The molecule has 23 heavy (non-hydrogen) atoms. The molecule has 0 saturated carbocycles. The Morgan fingerprint density at radius 2 is 1.96 bits per heavy atom. The summed E-state index contributed by atoms with van der Waals surface area (Å²) in [5.74, 6) is 0.819. The molecule has 2 aromatic carbocycles. The molecule has 4 nitrogen and oxygen atoms in total. The molecule has 0 fully saturated rings. The highest BCUT2D eigenvalue weighted by Crippen LogP contribution is 2.21. The van der Waals surface area contributed by atoms with Gasteiger partial charge in [0.25, 0.3) is 0 Å². The number of amides is 1. The molecule has 0 aliphatic rings. The van der Waals surface area contributed by atoms with Crippen molar-refractivity contribution >= 4 is 27.5 Å². The van der Waals surface area contributed by atoms with Crippen molar-refractivity contribution in [2.75, 3.05) is 6.61 Å². The lowest BCUT2D eigenvalue weighted by molar-refractivity contribution is -0.120. The van der Waals surface area contributed by atoms with Crippen molar-refractivity contribution in [2.24, 2.45) is 0 Å². The fraction of sp³-hybridized carbons (Fsp3) is 0.222. The van der Waals surface area contributed by atoms with Crippen LogP contribution in [-0.2, 0) is 17.8 Å². The number of benzene rings is 2. The van der Waals surface area contributed by atoms with Crippen molar-refractivity contribution in [1.82, 2.24) is 10.3 Å². The van der Waals surface area contributed by atoms with Crippen molar-refractivity contribution < 1.29 is 9.53 Å². The molecule has 0 unspecified atom stereocenters. The van der Waals surface area contributed by atoms with Gasteiger partial charge < -0.3 is 10.1 Å². The van der Waals surface area contributed by atoms with Crippen molar-refractivity contribution in [3.8, 4) is 5.75 Å². The molecule has 3 aromatic rings. The van der Waals surface area contributed by atoms with E-state index in [2.05, 4.69) is 10.3 Å². The Bertz CT molecular complexity index is 763. The van der Waals surface area contributed by atoms with Gasteiger partial charge in [0, 0.05) is 0 Å². The van der Waals surface area contributed by atoms with Gasteiger partial charge in [0.1, 0.15) is 10.8 Å². The number of nitrogens with zero attached hydrogens (tertiary/aromatic N) is 1. The Morgan fingerprint density at radius 3 is 2.70 bits per heavy atom. The number of hydrogen-bond acceptors (Lipinski definition) is 4.